The van der Waals surface area contributed by atoms with Crippen LogP contribution >= 0.6 is 0 Å². The molecular weight excluding hydrogens is 414 g/mol. The number of carbonyl (C=O) groups excluding carboxylic acids is 1. The Balaban J connectivity index is 1.49. The first-order chi connectivity index (χ1) is 15.0. The van der Waals surface area contributed by atoms with E-state index < -0.39 is 10.0 Å². The summed E-state index contributed by atoms with van der Waals surface area (Å²) in [5.41, 5.74) is 2.07. The molecule has 0 radical (unpaired) electrons. The molecule has 1 amide bonds. The zero-order valence-electron chi connectivity index (χ0n) is 18.3. The summed E-state index contributed by atoms with van der Waals surface area (Å²) in [6, 6.07) is 5.12. The first-order valence-electron chi connectivity index (χ1n) is 11.5. The topological polar surface area (TPSA) is 91.5 Å². The summed E-state index contributed by atoms with van der Waals surface area (Å²) in [6.45, 7) is 5.27. The minimum atomic E-state index is -3.52. The molecule has 4 rings (SSSR count). The van der Waals surface area contributed by atoms with Crippen LogP contribution in [0.5, 0.6) is 0 Å². The van der Waals surface area contributed by atoms with Gasteiger partial charge in [-0.25, -0.2) is 8.42 Å². The Morgan fingerprint density at radius 1 is 1.16 bits per heavy atom. The highest BCUT2D eigenvalue weighted by molar-refractivity contribution is 7.89. The van der Waals surface area contributed by atoms with Gasteiger partial charge in [-0.05, 0) is 68.7 Å². The van der Waals surface area contributed by atoms with Gasteiger partial charge in [-0.3, -0.25) is 4.79 Å². The Labute approximate surface area is 184 Å². The van der Waals surface area contributed by atoms with Crippen LogP contribution in [0.1, 0.15) is 61.0 Å². The fourth-order valence-corrected chi connectivity index (χ4v) is 6.18. The van der Waals surface area contributed by atoms with Crippen molar-refractivity contribution < 1.29 is 17.9 Å². The van der Waals surface area contributed by atoms with Gasteiger partial charge >= 0.3 is 0 Å². The third-order valence-electron chi connectivity index (χ3n) is 6.64. The van der Waals surface area contributed by atoms with Gasteiger partial charge in [0.2, 0.25) is 10.0 Å². The normalized spacial score (nSPS) is 19.4. The fraction of sp³-hybridized carbons (Fsp3) is 0.609. The number of carbonyl (C=O) groups is 1. The van der Waals surface area contributed by atoms with E-state index in [9.17, 15) is 13.2 Å². The van der Waals surface area contributed by atoms with Crippen LogP contribution in [0.2, 0.25) is 0 Å². The highest BCUT2D eigenvalue weighted by Crippen LogP contribution is 2.27. The Bertz CT molecular complexity index is 1020. The van der Waals surface area contributed by atoms with Gasteiger partial charge in [0.25, 0.3) is 5.91 Å². The Morgan fingerprint density at radius 2 is 1.87 bits per heavy atom. The lowest BCUT2D eigenvalue weighted by Crippen LogP contribution is -2.31. The maximum Gasteiger partial charge on any atom is 0.268 e. The molecule has 2 aliphatic heterocycles. The molecule has 170 valence electrons. The number of ether oxygens (including phenoxy) is 1. The summed E-state index contributed by atoms with van der Waals surface area (Å²) >= 11 is 0. The van der Waals surface area contributed by atoms with Crippen molar-refractivity contribution >= 4 is 26.8 Å². The van der Waals surface area contributed by atoms with Crippen molar-refractivity contribution in [2.45, 2.75) is 56.8 Å². The number of aryl methyl sites for hydroxylation is 1. The molecule has 0 spiro atoms. The number of hydrogen-bond donors (Lipinski definition) is 2. The number of benzene rings is 1. The van der Waals surface area contributed by atoms with Crippen molar-refractivity contribution in [1.29, 1.82) is 0 Å². The van der Waals surface area contributed by atoms with Crippen LogP contribution in [0, 0.1) is 12.8 Å². The maximum absolute atomic E-state index is 13.2. The Morgan fingerprint density at radius 3 is 2.58 bits per heavy atom. The number of nitrogens with zero attached hydrogens (tertiary/aromatic N) is 1. The second-order valence-corrected chi connectivity index (χ2v) is 10.7. The van der Waals surface area contributed by atoms with Crippen LogP contribution in [-0.4, -0.2) is 56.5 Å². The molecule has 2 aliphatic rings. The lowest BCUT2D eigenvalue weighted by molar-refractivity contribution is 0.0636. The van der Waals surface area contributed by atoms with E-state index in [0.29, 0.717) is 36.1 Å². The molecule has 0 aliphatic carbocycles. The summed E-state index contributed by atoms with van der Waals surface area (Å²) in [5.74, 6) is 0.460. The van der Waals surface area contributed by atoms with Gasteiger partial charge < -0.3 is 15.0 Å². The molecule has 1 aromatic carbocycles. The summed E-state index contributed by atoms with van der Waals surface area (Å²) < 4.78 is 33.3. The van der Waals surface area contributed by atoms with E-state index in [1.165, 1.54) is 0 Å². The lowest BCUT2D eigenvalue weighted by Gasteiger charge is -2.21. The van der Waals surface area contributed by atoms with Gasteiger partial charge in [-0.1, -0.05) is 12.8 Å². The average molecular weight is 448 g/mol. The van der Waals surface area contributed by atoms with E-state index in [4.69, 9.17) is 4.74 Å². The van der Waals surface area contributed by atoms with Crippen molar-refractivity contribution in [2.24, 2.45) is 5.92 Å². The van der Waals surface area contributed by atoms with E-state index in [2.05, 4.69) is 10.3 Å². The molecule has 1 aromatic heterocycles. The summed E-state index contributed by atoms with van der Waals surface area (Å²) in [4.78, 5) is 16.2. The molecule has 2 saturated heterocycles. The smallest absolute Gasteiger partial charge is 0.268 e. The van der Waals surface area contributed by atoms with E-state index >= 15 is 0 Å². The van der Waals surface area contributed by atoms with Crippen LogP contribution in [0.25, 0.3) is 10.9 Å². The molecule has 3 heterocycles. The van der Waals surface area contributed by atoms with E-state index in [0.717, 1.165) is 74.6 Å². The number of amides is 1. The lowest BCUT2D eigenvalue weighted by atomic mass is 9.97. The van der Waals surface area contributed by atoms with Crippen LogP contribution in [0.4, 0.5) is 0 Å². The number of H-pyrrole nitrogens is 1. The van der Waals surface area contributed by atoms with Gasteiger partial charge in [0, 0.05) is 43.8 Å². The Hall–Kier alpha value is -1.90. The van der Waals surface area contributed by atoms with Crippen LogP contribution in [0.15, 0.2) is 23.1 Å². The minimum Gasteiger partial charge on any atom is -0.381 e. The first-order valence-corrected chi connectivity index (χ1v) is 12.9. The molecule has 0 bridgehead atoms. The molecule has 2 N–H and O–H groups in total. The van der Waals surface area contributed by atoms with Crippen molar-refractivity contribution in [1.82, 2.24) is 14.6 Å². The molecule has 0 saturated carbocycles. The van der Waals surface area contributed by atoms with Crippen molar-refractivity contribution in [3.05, 3.63) is 29.5 Å². The molecule has 0 unspecified atom stereocenters. The number of hydrogen-bond acceptors (Lipinski definition) is 4. The second-order valence-electron chi connectivity index (χ2n) is 8.75. The monoisotopic (exact) mass is 447 g/mol. The molecule has 0 atom stereocenters. The predicted molar refractivity (Wildman–Crippen MR) is 121 cm³/mol. The van der Waals surface area contributed by atoms with E-state index in [1.54, 1.807) is 22.5 Å². The predicted octanol–water partition coefficient (Wildman–Crippen LogP) is 3.59. The molecule has 2 fully saturated rings. The van der Waals surface area contributed by atoms with Crippen LogP contribution < -0.4 is 5.32 Å². The quantitative estimate of drug-likeness (QED) is 0.708. The SMILES string of the molecule is Cc1c(C(=O)NCCC2CCOCC2)[nH]c2ccc(S(=O)(=O)N3CCCCCC3)cc12. The standard InChI is InChI=1S/C23H33N3O4S/c1-17-20-16-19(31(28,29)26-12-4-2-3-5-13-26)6-7-21(20)25-22(17)23(27)24-11-8-18-9-14-30-15-10-18/h6-7,16,18,25H,2-5,8-15H2,1H3,(H,24,27). The van der Waals surface area contributed by atoms with Crippen molar-refractivity contribution in [3.8, 4) is 0 Å². The molecule has 7 nitrogen and oxygen atoms in total. The van der Waals surface area contributed by atoms with Gasteiger partial charge in [0.05, 0.1) is 4.90 Å². The summed E-state index contributed by atoms with van der Waals surface area (Å²) in [7, 11) is -3.52. The van der Waals surface area contributed by atoms with Gasteiger partial charge in [0.15, 0.2) is 0 Å². The van der Waals surface area contributed by atoms with Crippen LogP contribution in [-0.2, 0) is 14.8 Å². The zero-order chi connectivity index (χ0) is 21.8. The van der Waals surface area contributed by atoms with Gasteiger partial charge in [0.1, 0.15) is 5.69 Å². The van der Waals surface area contributed by atoms with Crippen LogP contribution in [0.3, 0.4) is 0 Å². The fourth-order valence-electron chi connectivity index (χ4n) is 4.64. The third kappa shape index (κ3) is 4.96. The zero-order valence-corrected chi connectivity index (χ0v) is 19.1. The number of aromatic nitrogens is 1. The molecular formula is C23H33N3O4S. The van der Waals surface area contributed by atoms with E-state index in [1.807, 2.05) is 6.92 Å². The minimum absolute atomic E-state index is 0.141. The van der Waals surface area contributed by atoms with E-state index in [-0.39, 0.29) is 5.91 Å². The highest BCUT2D eigenvalue weighted by atomic mass is 32.2. The Kier molecular flexibility index (Phi) is 6.99. The number of aromatic amines is 1. The first kappa shape index (κ1) is 22.3. The summed E-state index contributed by atoms with van der Waals surface area (Å²) in [6.07, 6.45) is 7.02. The summed E-state index contributed by atoms with van der Waals surface area (Å²) in [5, 5.41) is 3.80. The van der Waals surface area contributed by atoms with Crippen molar-refractivity contribution in [2.75, 3.05) is 32.8 Å². The second kappa shape index (κ2) is 9.71. The van der Waals surface area contributed by atoms with Crippen molar-refractivity contribution in [3.63, 3.8) is 0 Å². The third-order valence-corrected chi connectivity index (χ3v) is 8.53. The number of rotatable bonds is 6. The molecule has 31 heavy (non-hydrogen) atoms. The number of nitrogens with one attached hydrogen (secondary N) is 2. The molecule has 8 heteroatoms. The average Bonchev–Trinajstić information content (AvgIpc) is 2.95. The largest absolute Gasteiger partial charge is 0.381 e. The molecule has 2 aromatic rings. The van der Waals surface area contributed by atoms with Gasteiger partial charge in [-0.2, -0.15) is 4.31 Å². The van der Waals surface area contributed by atoms with Gasteiger partial charge in [-0.15, -0.1) is 0 Å². The highest BCUT2D eigenvalue weighted by Gasteiger charge is 2.26. The number of sulfonamides is 1. The number of fused-ring (bicyclic) bond motifs is 1. The maximum atomic E-state index is 13.2.